The second-order valence-electron chi connectivity index (χ2n) is 10.3. The van der Waals surface area contributed by atoms with E-state index in [1.54, 1.807) is 17.0 Å². The first kappa shape index (κ1) is 30.5. The molecular weight excluding hydrogens is 632 g/mol. The molecule has 0 saturated heterocycles. The van der Waals surface area contributed by atoms with Gasteiger partial charge in [-0.05, 0) is 76.9 Å². The Morgan fingerprint density at radius 2 is 1.40 bits per heavy atom. The minimum Gasteiger partial charge on any atom is -0.480 e. The molecule has 0 saturated carbocycles. The zero-order valence-electron chi connectivity index (χ0n) is 23.4. The number of carboxylic acids is 1. The number of hydrogen-bond acceptors (Lipinski definition) is 5. The van der Waals surface area contributed by atoms with Gasteiger partial charge in [-0.3, -0.25) is 9.69 Å². The maximum atomic E-state index is 13.1. The van der Waals surface area contributed by atoms with Crippen molar-refractivity contribution in [3.8, 4) is 22.3 Å². The van der Waals surface area contributed by atoms with Crippen LogP contribution in [0.2, 0.25) is 0 Å². The number of sulfonamides is 1. The summed E-state index contributed by atoms with van der Waals surface area (Å²) in [5, 5.41) is 9.81. The van der Waals surface area contributed by atoms with Crippen LogP contribution in [0.3, 0.4) is 0 Å². The lowest BCUT2D eigenvalue weighted by Gasteiger charge is -2.29. The normalized spacial score (nSPS) is 13.2. The monoisotopic (exact) mass is 662 g/mol. The fraction of sp³-hybridized carbons (Fsp3) is 0.212. The number of fused-ring (bicyclic) bond motifs is 3. The van der Waals surface area contributed by atoms with E-state index in [-0.39, 0.29) is 17.4 Å². The van der Waals surface area contributed by atoms with Crippen LogP contribution in [-0.4, -0.2) is 50.2 Å². The molecule has 222 valence electrons. The molecule has 0 aliphatic heterocycles. The number of aliphatic carboxylic acids is 1. The summed E-state index contributed by atoms with van der Waals surface area (Å²) in [7, 11) is -2.75. The van der Waals surface area contributed by atoms with Crippen molar-refractivity contribution in [1.82, 2.24) is 9.62 Å². The predicted octanol–water partition coefficient (Wildman–Crippen LogP) is 6.86. The summed E-state index contributed by atoms with van der Waals surface area (Å²) in [4.78, 5) is 26.6. The van der Waals surface area contributed by atoms with E-state index in [9.17, 15) is 23.1 Å². The lowest BCUT2D eigenvalue weighted by molar-refractivity contribution is -0.139. The van der Waals surface area contributed by atoms with Crippen molar-refractivity contribution in [1.29, 1.82) is 0 Å². The first-order valence-corrected chi connectivity index (χ1v) is 16.1. The highest BCUT2D eigenvalue weighted by molar-refractivity contribution is 9.10. The first-order valence-electron chi connectivity index (χ1n) is 13.8. The maximum absolute atomic E-state index is 13.1. The van der Waals surface area contributed by atoms with E-state index in [1.807, 2.05) is 72.8 Å². The third-order valence-corrected chi connectivity index (χ3v) is 9.62. The average molecular weight is 664 g/mol. The molecule has 4 aromatic rings. The van der Waals surface area contributed by atoms with Gasteiger partial charge in [0.2, 0.25) is 10.0 Å². The molecule has 0 fully saturated rings. The van der Waals surface area contributed by atoms with E-state index in [0.29, 0.717) is 19.4 Å². The minimum absolute atomic E-state index is 0.0185. The van der Waals surface area contributed by atoms with Crippen molar-refractivity contribution in [3.63, 3.8) is 0 Å². The van der Waals surface area contributed by atoms with Crippen LogP contribution in [0.15, 0.2) is 106 Å². The van der Waals surface area contributed by atoms with Gasteiger partial charge in [-0.15, -0.1) is 0 Å². The Morgan fingerprint density at radius 3 is 1.93 bits per heavy atom. The standard InChI is InChI=1S/C33H31BrN2O6S/c1-42-33(39)36(31-28-10-4-2-8-26(28)27-9-3-5-11-29(27)31)21-7-6-12-30(32(37)38)35-43(40,41)25-19-15-23(16-20-25)22-13-17-24(34)18-14-22/h2-5,8-11,13-20,30-31,35H,6-7,12,21H2,1H3,(H,37,38). The molecule has 10 heteroatoms. The molecule has 0 bridgehead atoms. The van der Waals surface area contributed by atoms with Crippen molar-refractivity contribution in [2.45, 2.75) is 36.2 Å². The number of carboxylic acid groups (broad SMARTS) is 1. The van der Waals surface area contributed by atoms with Gasteiger partial charge in [-0.25, -0.2) is 13.2 Å². The van der Waals surface area contributed by atoms with Crippen molar-refractivity contribution >= 4 is 38.0 Å². The van der Waals surface area contributed by atoms with Gasteiger partial charge in [-0.1, -0.05) is 88.7 Å². The van der Waals surface area contributed by atoms with Gasteiger partial charge >= 0.3 is 12.1 Å². The summed E-state index contributed by atoms with van der Waals surface area (Å²) in [6.45, 7) is 0.302. The summed E-state index contributed by atoms with van der Waals surface area (Å²) in [6, 6.07) is 28.1. The predicted molar refractivity (Wildman–Crippen MR) is 168 cm³/mol. The minimum atomic E-state index is -4.08. The molecule has 1 aliphatic rings. The molecule has 43 heavy (non-hydrogen) atoms. The molecule has 1 unspecified atom stereocenters. The number of nitrogens with zero attached hydrogens (tertiary/aromatic N) is 1. The molecule has 2 N–H and O–H groups in total. The Morgan fingerprint density at radius 1 is 0.860 bits per heavy atom. The Balaban J connectivity index is 1.24. The van der Waals surface area contributed by atoms with Gasteiger partial charge in [0, 0.05) is 11.0 Å². The second-order valence-corrected chi connectivity index (χ2v) is 12.9. The number of halogens is 1. The molecule has 0 aromatic heterocycles. The van der Waals surface area contributed by atoms with Crippen molar-refractivity contribution < 1.29 is 27.9 Å². The summed E-state index contributed by atoms with van der Waals surface area (Å²) >= 11 is 3.40. The SMILES string of the molecule is COC(=O)N(CCCCC(NS(=O)(=O)c1ccc(-c2ccc(Br)cc2)cc1)C(=O)O)C1c2ccccc2-c2ccccc21. The number of nitrogens with one attached hydrogen (secondary N) is 1. The lowest BCUT2D eigenvalue weighted by atomic mass is 10.0. The van der Waals surface area contributed by atoms with E-state index in [2.05, 4.69) is 20.7 Å². The Hall–Kier alpha value is -3.99. The Kier molecular flexibility index (Phi) is 9.29. The van der Waals surface area contributed by atoms with Gasteiger partial charge in [0.05, 0.1) is 18.0 Å². The zero-order valence-corrected chi connectivity index (χ0v) is 25.8. The summed E-state index contributed by atoms with van der Waals surface area (Å²) in [5.41, 5.74) is 5.87. The van der Waals surface area contributed by atoms with Crippen molar-refractivity contribution in [2.75, 3.05) is 13.7 Å². The molecule has 0 radical (unpaired) electrons. The Bertz CT molecular complexity index is 1680. The lowest BCUT2D eigenvalue weighted by Crippen LogP contribution is -2.41. The van der Waals surface area contributed by atoms with Crippen LogP contribution in [0.4, 0.5) is 4.79 Å². The summed E-state index contributed by atoms with van der Waals surface area (Å²) in [6.07, 6.45) is 0.381. The van der Waals surface area contributed by atoms with Crippen LogP contribution in [0, 0.1) is 0 Å². The molecule has 1 aliphatic carbocycles. The topological polar surface area (TPSA) is 113 Å². The maximum Gasteiger partial charge on any atom is 0.410 e. The number of unbranched alkanes of at least 4 members (excludes halogenated alkanes) is 1. The molecule has 1 amide bonds. The van der Waals surface area contributed by atoms with Crippen LogP contribution in [0.5, 0.6) is 0 Å². The van der Waals surface area contributed by atoms with E-state index >= 15 is 0 Å². The van der Waals surface area contributed by atoms with Crippen LogP contribution in [0.25, 0.3) is 22.3 Å². The average Bonchev–Trinajstić information content (AvgIpc) is 3.34. The highest BCUT2D eigenvalue weighted by Gasteiger charge is 2.35. The van der Waals surface area contributed by atoms with Gasteiger partial charge in [-0.2, -0.15) is 4.72 Å². The molecular formula is C33H31BrN2O6S. The summed E-state index contributed by atoms with van der Waals surface area (Å²) < 4.78 is 34.5. The molecule has 1 atom stereocenters. The Labute approximate surface area is 259 Å². The fourth-order valence-electron chi connectivity index (χ4n) is 5.50. The number of rotatable bonds is 11. The van der Waals surface area contributed by atoms with Crippen molar-refractivity contribution in [2.24, 2.45) is 0 Å². The number of methoxy groups -OCH3 is 1. The van der Waals surface area contributed by atoms with E-state index in [0.717, 1.165) is 37.9 Å². The third kappa shape index (κ3) is 6.66. The second kappa shape index (κ2) is 13.1. The number of ether oxygens (including phenoxy) is 1. The van der Waals surface area contributed by atoms with Gasteiger partial charge in [0.25, 0.3) is 0 Å². The molecule has 0 spiro atoms. The molecule has 4 aromatic carbocycles. The largest absolute Gasteiger partial charge is 0.480 e. The zero-order chi connectivity index (χ0) is 30.6. The van der Waals surface area contributed by atoms with E-state index in [1.165, 1.54) is 19.2 Å². The highest BCUT2D eigenvalue weighted by Crippen LogP contribution is 2.46. The fourth-order valence-corrected chi connectivity index (χ4v) is 6.98. The van der Waals surface area contributed by atoms with Crippen LogP contribution in [0.1, 0.15) is 36.4 Å². The number of benzene rings is 4. The van der Waals surface area contributed by atoms with Gasteiger partial charge in [0.15, 0.2) is 0 Å². The van der Waals surface area contributed by atoms with Crippen LogP contribution in [-0.2, 0) is 19.6 Å². The summed E-state index contributed by atoms with van der Waals surface area (Å²) in [5.74, 6) is -1.27. The molecule has 8 nitrogen and oxygen atoms in total. The quantitative estimate of drug-likeness (QED) is 0.170. The van der Waals surface area contributed by atoms with Crippen LogP contribution < -0.4 is 4.72 Å². The number of amides is 1. The smallest absolute Gasteiger partial charge is 0.410 e. The number of carbonyl (C=O) groups excluding carboxylic acids is 1. The van der Waals surface area contributed by atoms with E-state index in [4.69, 9.17) is 4.74 Å². The van der Waals surface area contributed by atoms with Gasteiger partial charge in [0.1, 0.15) is 6.04 Å². The highest BCUT2D eigenvalue weighted by atomic mass is 79.9. The van der Waals surface area contributed by atoms with Crippen molar-refractivity contribution in [3.05, 3.63) is 113 Å². The van der Waals surface area contributed by atoms with Crippen LogP contribution >= 0.6 is 15.9 Å². The first-order chi connectivity index (χ1) is 20.7. The van der Waals surface area contributed by atoms with E-state index < -0.39 is 28.1 Å². The molecule has 0 heterocycles. The molecule has 5 rings (SSSR count). The number of hydrogen-bond donors (Lipinski definition) is 2. The third-order valence-electron chi connectivity index (χ3n) is 7.60. The van der Waals surface area contributed by atoms with Gasteiger partial charge < -0.3 is 9.84 Å². The number of carbonyl (C=O) groups is 2.